The Labute approximate surface area is 124 Å². The molecule has 0 aliphatic heterocycles. The van der Waals surface area contributed by atoms with E-state index in [0.717, 1.165) is 22.2 Å². The second-order valence-electron chi connectivity index (χ2n) is 4.37. The number of hydrogen-bond acceptors (Lipinski definition) is 2. The molecule has 3 rings (SSSR count). The summed E-state index contributed by atoms with van der Waals surface area (Å²) in [6.07, 6.45) is 1.74. The van der Waals surface area contributed by atoms with Crippen LogP contribution in [0.4, 0.5) is 4.39 Å². The molecule has 0 amide bonds. The number of para-hydroxylation sites is 1. The van der Waals surface area contributed by atoms with E-state index in [9.17, 15) is 4.39 Å². The molecule has 1 heterocycles. The van der Waals surface area contributed by atoms with Crippen LogP contribution in [-0.2, 0) is 6.61 Å². The Kier molecular flexibility index (Phi) is 3.65. The van der Waals surface area contributed by atoms with Crippen molar-refractivity contribution in [3.05, 3.63) is 70.6 Å². The highest BCUT2D eigenvalue weighted by molar-refractivity contribution is 9.10. The smallest absolute Gasteiger partial charge is 0.146 e. The van der Waals surface area contributed by atoms with Crippen LogP contribution in [0.3, 0.4) is 0 Å². The Morgan fingerprint density at radius 1 is 1.10 bits per heavy atom. The minimum Gasteiger partial charge on any atom is -0.487 e. The molecule has 2 nitrogen and oxygen atoms in total. The summed E-state index contributed by atoms with van der Waals surface area (Å²) in [4.78, 5) is 4.33. The SMILES string of the molecule is Fc1ccc(COc2cccc3cccnc23)cc1Br. The van der Waals surface area contributed by atoms with E-state index in [1.165, 1.54) is 6.07 Å². The lowest BCUT2D eigenvalue weighted by molar-refractivity contribution is 0.309. The number of rotatable bonds is 3. The van der Waals surface area contributed by atoms with E-state index < -0.39 is 0 Å². The van der Waals surface area contributed by atoms with Crippen molar-refractivity contribution in [3.8, 4) is 5.75 Å². The predicted molar refractivity (Wildman–Crippen MR) is 80.2 cm³/mol. The lowest BCUT2D eigenvalue weighted by atomic mass is 10.2. The van der Waals surface area contributed by atoms with Crippen LogP contribution in [0, 0.1) is 5.82 Å². The standard InChI is InChI=1S/C16H11BrFNO/c17-13-9-11(6-7-14(13)18)10-20-15-5-1-3-12-4-2-8-19-16(12)15/h1-9H,10H2. The summed E-state index contributed by atoms with van der Waals surface area (Å²) in [7, 11) is 0. The van der Waals surface area contributed by atoms with Crippen LogP contribution < -0.4 is 4.74 Å². The van der Waals surface area contributed by atoms with Crippen molar-refractivity contribution in [1.82, 2.24) is 4.98 Å². The monoisotopic (exact) mass is 331 g/mol. The van der Waals surface area contributed by atoms with Crippen molar-refractivity contribution in [3.63, 3.8) is 0 Å². The van der Waals surface area contributed by atoms with Gasteiger partial charge in [0.15, 0.2) is 0 Å². The molecule has 1 aromatic heterocycles. The van der Waals surface area contributed by atoms with Gasteiger partial charge in [-0.1, -0.05) is 24.3 Å². The van der Waals surface area contributed by atoms with Crippen LogP contribution in [0.15, 0.2) is 59.2 Å². The lowest BCUT2D eigenvalue weighted by Crippen LogP contribution is -1.97. The highest BCUT2D eigenvalue weighted by Crippen LogP contribution is 2.24. The van der Waals surface area contributed by atoms with Gasteiger partial charge in [-0.2, -0.15) is 0 Å². The zero-order chi connectivity index (χ0) is 13.9. The minimum absolute atomic E-state index is 0.277. The summed E-state index contributed by atoms with van der Waals surface area (Å²) in [5.41, 5.74) is 1.72. The van der Waals surface area contributed by atoms with Crippen molar-refractivity contribution < 1.29 is 9.13 Å². The van der Waals surface area contributed by atoms with Crippen LogP contribution in [0.2, 0.25) is 0 Å². The van der Waals surface area contributed by atoms with Crippen LogP contribution in [0.25, 0.3) is 10.9 Å². The number of aromatic nitrogens is 1. The fraction of sp³-hybridized carbons (Fsp3) is 0.0625. The Morgan fingerprint density at radius 2 is 1.95 bits per heavy atom. The third-order valence-corrected chi connectivity index (χ3v) is 3.58. The second kappa shape index (κ2) is 5.59. The first-order valence-electron chi connectivity index (χ1n) is 6.14. The van der Waals surface area contributed by atoms with Crippen molar-refractivity contribution in [2.75, 3.05) is 0 Å². The molecule has 4 heteroatoms. The summed E-state index contributed by atoms with van der Waals surface area (Å²) in [6, 6.07) is 14.5. The summed E-state index contributed by atoms with van der Waals surface area (Å²) in [6.45, 7) is 0.370. The maximum absolute atomic E-state index is 13.2. The highest BCUT2D eigenvalue weighted by atomic mass is 79.9. The molecule has 0 radical (unpaired) electrons. The Hall–Kier alpha value is -1.94. The van der Waals surface area contributed by atoms with Gasteiger partial charge in [0.2, 0.25) is 0 Å². The first kappa shape index (κ1) is 13.1. The minimum atomic E-state index is -0.277. The number of ether oxygens (including phenoxy) is 1. The van der Waals surface area contributed by atoms with E-state index in [1.54, 1.807) is 18.3 Å². The van der Waals surface area contributed by atoms with Crippen LogP contribution in [-0.4, -0.2) is 4.98 Å². The topological polar surface area (TPSA) is 22.1 Å². The Balaban J connectivity index is 1.85. The van der Waals surface area contributed by atoms with Gasteiger partial charge in [0, 0.05) is 11.6 Å². The van der Waals surface area contributed by atoms with Crippen LogP contribution >= 0.6 is 15.9 Å². The molecule has 0 unspecified atom stereocenters. The van der Waals surface area contributed by atoms with Gasteiger partial charge < -0.3 is 4.74 Å². The van der Waals surface area contributed by atoms with Gasteiger partial charge in [0.1, 0.15) is 23.7 Å². The molecule has 0 aliphatic carbocycles. The number of hydrogen-bond donors (Lipinski definition) is 0. The number of benzene rings is 2. The molecule has 0 bridgehead atoms. The van der Waals surface area contributed by atoms with E-state index in [-0.39, 0.29) is 5.82 Å². The number of pyridine rings is 1. The van der Waals surface area contributed by atoms with E-state index in [1.807, 2.05) is 30.3 Å². The molecule has 0 fully saturated rings. The second-order valence-corrected chi connectivity index (χ2v) is 5.22. The number of fused-ring (bicyclic) bond motifs is 1. The van der Waals surface area contributed by atoms with Crippen molar-refractivity contribution in [2.45, 2.75) is 6.61 Å². The quantitative estimate of drug-likeness (QED) is 0.693. The molecule has 0 saturated heterocycles. The van der Waals surface area contributed by atoms with Gasteiger partial charge in [0.25, 0.3) is 0 Å². The summed E-state index contributed by atoms with van der Waals surface area (Å²) >= 11 is 3.17. The van der Waals surface area contributed by atoms with Crippen molar-refractivity contribution in [2.24, 2.45) is 0 Å². The molecule has 100 valence electrons. The van der Waals surface area contributed by atoms with Crippen LogP contribution in [0.1, 0.15) is 5.56 Å². The summed E-state index contributed by atoms with van der Waals surface area (Å²) < 4.78 is 19.4. The maximum Gasteiger partial charge on any atom is 0.146 e. The highest BCUT2D eigenvalue weighted by Gasteiger charge is 2.05. The molecule has 2 aromatic carbocycles. The normalized spacial score (nSPS) is 10.7. The molecule has 0 atom stereocenters. The third-order valence-electron chi connectivity index (χ3n) is 2.97. The maximum atomic E-state index is 13.2. The molecule has 0 spiro atoms. The van der Waals surface area contributed by atoms with Gasteiger partial charge in [-0.05, 0) is 45.8 Å². The third kappa shape index (κ3) is 2.65. The van der Waals surface area contributed by atoms with E-state index in [2.05, 4.69) is 20.9 Å². The fourth-order valence-electron chi connectivity index (χ4n) is 1.98. The zero-order valence-corrected chi connectivity index (χ0v) is 12.1. The lowest BCUT2D eigenvalue weighted by Gasteiger charge is -2.09. The van der Waals surface area contributed by atoms with Gasteiger partial charge in [-0.15, -0.1) is 0 Å². The molecular weight excluding hydrogens is 321 g/mol. The molecule has 0 saturated carbocycles. The summed E-state index contributed by atoms with van der Waals surface area (Å²) in [5, 5.41) is 1.03. The molecule has 20 heavy (non-hydrogen) atoms. The van der Waals surface area contributed by atoms with Crippen molar-refractivity contribution in [1.29, 1.82) is 0 Å². The number of nitrogens with zero attached hydrogens (tertiary/aromatic N) is 1. The zero-order valence-electron chi connectivity index (χ0n) is 10.5. The molecular formula is C16H11BrFNO. The van der Waals surface area contributed by atoms with Gasteiger partial charge in [0.05, 0.1) is 4.47 Å². The van der Waals surface area contributed by atoms with Gasteiger partial charge in [-0.25, -0.2) is 4.39 Å². The first-order chi connectivity index (χ1) is 9.74. The molecule has 0 aliphatic rings. The van der Waals surface area contributed by atoms with Gasteiger partial charge in [-0.3, -0.25) is 4.98 Å². The molecule has 0 N–H and O–H groups in total. The van der Waals surface area contributed by atoms with Crippen molar-refractivity contribution >= 4 is 26.8 Å². The Bertz CT molecular complexity index is 755. The average Bonchev–Trinajstić information content (AvgIpc) is 2.48. The van der Waals surface area contributed by atoms with Crippen LogP contribution in [0.5, 0.6) is 5.75 Å². The summed E-state index contributed by atoms with van der Waals surface area (Å²) in [5.74, 6) is 0.448. The largest absolute Gasteiger partial charge is 0.487 e. The number of halogens is 2. The Morgan fingerprint density at radius 3 is 2.80 bits per heavy atom. The molecule has 3 aromatic rings. The van der Waals surface area contributed by atoms with E-state index in [4.69, 9.17) is 4.74 Å². The van der Waals surface area contributed by atoms with Gasteiger partial charge >= 0.3 is 0 Å². The average molecular weight is 332 g/mol. The van der Waals surface area contributed by atoms with E-state index >= 15 is 0 Å². The fourth-order valence-corrected chi connectivity index (χ4v) is 2.41. The van der Waals surface area contributed by atoms with E-state index in [0.29, 0.717) is 11.1 Å². The predicted octanol–water partition coefficient (Wildman–Crippen LogP) is 4.72. The first-order valence-corrected chi connectivity index (χ1v) is 6.94.